The van der Waals surface area contributed by atoms with Crippen LogP contribution in [-0.2, 0) is 11.3 Å². The number of rotatable bonds is 5. The summed E-state index contributed by atoms with van der Waals surface area (Å²) in [7, 11) is 1.57. The average Bonchev–Trinajstić information content (AvgIpc) is 3.18. The number of nitrogens with zero attached hydrogens (tertiary/aromatic N) is 2. The van der Waals surface area contributed by atoms with Crippen LogP contribution in [0.25, 0.3) is 10.4 Å². The van der Waals surface area contributed by atoms with E-state index >= 15 is 0 Å². The first-order valence-corrected chi connectivity index (χ1v) is 8.27. The van der Waals surface area contributed by atoms with Crippen LogP contribution in [0.3, 0.4) is 0 Å². The number of methoxy groups -OCH3 is 1. The number of thiophene rings is 1. The van der Waals surface area contributed by atoms with Crippen LogP contribution in [0.1, 0.15) is 14.7 Å². The molecule has 3 aromatic rings. The van der Waals surface area contributed by atoms with Gasteiger partial charge in [-0.25, -0.2) is 4.39 Å². The average molecular weight is 349 g/mol. The molecule has 0 spiro atoms. The molecule has 1 aromatic carbocycles. The maximum Gasteiger partial charge on any atom is 0.267 e. The van der Waals surface area contributed by atoms with E-state index in [9.17, 15) is 9.18 Å². The van der Waals surface area contributed by atoms with Crippen LogP contribution in [-0.4, -0.2) is 23.2 Å². The SMILES string of the molecule is COCc1nnc(NC(=O)c2ccc(-c3ccc(F)cc3)s2)s1. The molecular formula is C15H12FN3O2S2. The van der Waals surface area contributed by atoms with Gasteiger partial charge in [0.25, 0.3) is 5.91 Å². The van der Waals surface area contributed by atoms with E-state index in [4.69, 9.17) is 4.74 Å². The van der Waals surface area contributed by atoms with E-state index in [0.29, 0.717) is 21.6 Å². The smallest absolute Gasteiger partial charge is 0.267 e. The molecular weight excluding hydrogens is 337 g/mol. The minimum atomic E-state index is -0.286. The first-order chi connectivity index (χ1) is 11.2. The van der Waals surface area contributed by atoms with Crippen molar-refractivity contribution in [3.63, 3.8) is 0 Å². The number of carbonyl (C=O) groups excluding carboxylic acids is 1. The third kappa shape index (κ3) is 3.79. The highest BCUT2D eigenvalue weighted by molar-refractivity contribution is 7.18. The van der Waals surface area contributed by atoms with Gasteiger partial charge in [0.15, 0.2) is 0 Å². The first-order valence-electron chi connectivity index (χ1n) is 6.64. The van der Waals surface area contributed by atoms with Crippen molar-refractivity contribution in [3.05, 3.63) is 52.1 Å². The van der Waals surface area contributed by atoms with Crippen LogP contribution < -0.4 is 5.32 Å². The van der Waals surface area contributed by atoms with Crippen molar-refractivity contribution in [2.75, 3.05) is 12.4 Å². The van der Waals surface area contributed by atoms with Crippen molar-refractivity contribution in [3.8, 4) is 10.4 Å². The van der Waals surface area contributed by atoms with Crippen molar-refractivity contribution in [1.29, 1.82) is 0 Å². The number of aromatic nitrogens is 2. The third-order valence-corrected chi connectivity index (χ3v) is 4.86. The molecule has 0 fully saturated rings. The predicted molar refractivity (Wildman–Crippen MR) is 88.3 cm³/mol. The topological polar surface area (TPSA) is 64.1 Å². The second-order valence-electron chi connectivity index (χ2n) is 4.56. The molecule has 0 saturated heterocycles. The van der Waals surface area contributed by atoms with E-state index in [2.05, 4.69) is 15.5 Å². The van der Waals surface area contributed by atoms with Gasteiger partial charge in [-0.05, 0) is 29.8 Å². The summed E-state index contributed by atoms with van der Waals surface area (Å²) >= 11 is 2.60. The fourth-order valence-electron chi connectivity index (χ4n) is 1.87. The molecule has 5 nitrogen and oxygen atoms in total. The minimum Gasteiger partial charge on any atom is -0.377 e. The Labute approximate surface area is 139 Å². The zero-order valence-electron chi connectivity index (χ0n) is 12.1. The Morgan fingerprint density at radius 3 is 2.70 bits per heavy atom. The van der Waals surface area contributed by atoms with Gasteiger partial charge < -0.3 is 4.74 Å². The Morgan fingerprint density at radius 1 is 1.17 bits per heavy atom. The number of nitrogens with one attached hydrogen (secondary N) is 1. The molecule has 0 unspecified atom stereocenters. The summed E-state index contributed by atoms with van der Waals surface area (Å²) in [4.78, 5) is 13.7. The van der Waals surface area contributed by atoms with Crippen LogP contribution >= 0.6 is 22.7 Å². The minimum absolute atomic E-state index is 0.247. The summed E-state index contributed by atoms with van der Waals surface area (Å²) in [5, 5.41) is 11.6. The van der Waals surface area contributed by atoms with Gasteiger partial charge in [-0.1, -0.05) is 23.5 Å². The van der Waals surface area contributed by atoms with Gasteiger partial charge in [0.1, 0.15) is 17.4 Å². The summed E-state index contributed by atoms with van der Waals surface area (Å²) in [5.74, 6) is -0.533. The highest BCUT2D eigenvalue weighted by Gasteiger charge is 2.13. The summed E-state index contributed by atoms with van der Waals surface area (Å²) in [6.45, 7) is 0.362. The molecule has 0 saturated carbocycles. The lowest BCUT2D eigenvalue weighted by molar-refractivity contribution is 0.103. The lowest BCUT2D eigenvalue weighted by atomic mass is 10.2. The normalized spacial score (nSPS) is 10.7. The monoisotopic (exact) mass is 349 g/mol. The molecule has 0 aliphatic carbocycles. The van der Waals surface area contributed by atoms with Gasteiger partial charge >= 0.3 is 0 Å². The summed E-state index contributed by atoms with van der Waals surface area (Å²) < 4.78 is 17.9. The number of hydrogen-bond donors (Lipinski definition) is 1. The molecule has 0 aliphatic heterocycles. The van der Waals surface area contributed by atoms with Crippen LogP contribution in [0, 0.1) is 5.82 Å². The summed E-state index contributed by atoms with van der Waals surface area (Å²) in [5.41, 5.74) is 0.869. The van der Waals surface area contributed by atoms with Crippen molar-refractivity contribution >= 4 is 33.7 Å². The van der Waals surface area contributed by atoms with Crippen molar-refractivity contribution in [1.82, 2.24) is 10.2 Å². The lowest BCUT2D eigenvalue weighted by Gasteiger charge is -1.98. The zero-order valence-corrected chi connectivity index (χ0v) is 13.7. The third-order valence-electron chi connectivity index (χ3n) is 2.91. The quantitative estimate of drug-likeness (QED) is 0.761. The fourth-order valence-corrected chi connectivity index (χ4v) is 3.49. The lowest BCUT2D eigenvalue weighted by Crippen LogP contribution is -2.09. The number of halogens is 1. The van der Waals surface area contributed by atoms with Crippen LogP contribution in [0.4, 0.5) is 9.52 Å². The van der Waals surface area contributed by atoms with Crippen molar-refractivity contribution in [2.24, 2.45) is 0 Å². The molecule has 0 atom stereocenters. The maximum absolute atomic E-state index is 13.0. The van der Waals surface area contributed by atoms with E-state index in [1.165, 1.54) is 34.8 Å². The van der Waals surface area contributed by atoms with E-state index in [0.717, 1.165) is 10.4 Å². The highest BCUT2D eigenvalue weighted by atomic mass is 32.1. The van der Waals surface area contributed by atoms with E-state index in [-0.39, 0.29) is 11.7 Å². The molecule has 118 valence electrons. The Kier molecular flexibility index (Phi) is 4.75. The second-order valence-corrected chi connectivity index (χ2v) is 6.70. The standard InChI is InChI=1S/C15H12FN3O2S2/c1-21-8-13-18-19-15(23-13)17-14(20)12-7-6-11(22-12)9-2-4-10(16)5-3-9/h2-7H,8H2,1H3,(H,17,19,20). The molecule has 2 aromatic heterocycles. The molecule has 0 aliphatic rings. The molecule has 23 heavy (non-hydrogen) atoms. The van der Waals surface area contributed by atoms with Gasteiger partial charge in [0.05, 0.1) is 4.88 Å². The highest BCUT2D eigenvalue weighted by Crippen LogP contribution is 2.29. The maximum atomic E-state index is 13.0. The summed E-state index contributed by atoms with van der Waals surface area (Å²) in [6, 6.07) is 9.73. The Morgan fingerprint density at radius 2 is 1.96 bits per heavy atom. The first kappa shape index (κ1) is 15.7. The van der Waals surface area contributed by atoms with Crippen LogP contribution in [0.2, 0.25) is 0 Å². The Bertz CT molecular complexity index is 814. The molecule has 1 amide bonds. The van der Waals surface area contributed by atoms with Gasteiger partial charge in [-0.2, -0.15) is 0 Å². The number of benzene rings is 1. The fraction of sp³-hybridized carbons (Fsp3) is 0.133. The van der Waals surface area contributed by atoms with E-state index < -0.39 is 0 Å². The Hall–Kier alpha value is -2.16. The van der Waals surface area contributed by atoms with Gasteiger partial charge in [-0.3, -0.25) is 10.1 Å². The number of amides is 1. The van der Waals surface area contributed by atoms with Crippen LogP contribution in [0.15, 0.2) is 36.4 Å². The van der Waals surface area contributed by atoms with Gasteiger partial charge in [-0.15, -0.1) is 21.5 Å². The molecule has 0 bridgehead atoms. The molecule has 3 rings (SSSR count). The van der Waals surface area contributed by atoms with E-state index in [1.54, 1.807) is 25.3 Å². The van der Waals surface area contributed by atoms with Gasteiger partial charge in [0, 0.05) is 12.0 Å². The molecule has 2 heterocycles. The van der Waals surface area contributed by atoms with Crippen molar-refractivity contribution < 1.29 is 13.9 Å². The van der Waals surface area contributed by atoms with Gasteiger partial charge in [0.2, 0.25) is 5.13 Å². The number of anilines is 1. The van der Waals surface area contributed by atoms with Crippen molar-refractivity contribution in [2.45, 2.75) is 6.61 Å². The molecule has 1 N–H and O–H groups in total. The molecule has 0 radical (unpaired) electrons. The number of carbonyl (C=O) groups is 1. The Balaban J connectivity index is 1.71. The van der Waals surface area contributed by atoms with E-state index in [1.807, 2.05) is 6.07 Å². The molecule has 8 heteroatoms. The zero-order chi connectivity index (χ0) is 16.2. The second kappa shape index (κ2) is 6.95. The number of hydrogen-bond acceptors (Lipinski definition) is 6. The summed E-state index contributed by atoms with van der Waals surface area (Å²) in [6.07, 6.45) is 0. The predicted octanol–water partition coefficient (Wildman–Crippen LogP) is 3.80. The number of ether oxygens (including phenoxy) is 1. The largest absolute Gasteiger partial charge is 0.377 e. The van der Waals surface area contributed by atoms with Crippen LogP contribution in [0.5, 0.6) is 0 Å².